The molecule has 0 radical (unpaired) electrons. The molecule has 1 unspecified atom stereocenters. The molecule has 0 aliphatic heterocycles. The zero-order valence-electron chi connectivity index (χ0n) is 12.6. The van der Waals surface area contributed by atoms with Crippen LogP contribution in [0.2, 0.25) is 0 Å². The van der Waals surface area contributed by atoms with Crippen LogP contribution in [0, 0.1) is 17.0 Å². The molecule has 0 saturated heterocycles. The maximum absolute atomic E-state index is 11.3. The van der Waals surface area contributed by atoms with Crippen LogP contribution in [-0.4, -0.2) is 22.9 Å². The lowest BCUT2D eigenvalue weighted by atomic mass is 10.2. The van der Waals surface area contributed by atoms with E-state index in [2.05, 4.69) is 4.98 Å². The fraction of sp³-hybridized carbons (Fsp3) is 0.200. The van der Waals surface area contributed by atoms with E-state index in [0.29, 0.717) is 22.8 Å². The first kappa shape index (κ1) is 16.4. The molecule has 120 valence electrons. The molecule has 23 heavy (non-hydrogen) atoms. The predicted octanol–water partition coefficient (Wildman–Crippen LogP) is 2.26. The van der Waals surface area contributed by atoms with Crippen molar-refractivity contribution in [3.05, 3.63) is 57.9 Å². The summed E-state index contributed by atoms with van der Waals surface area (Å²) in [7, 11) is 1.35. The normalized spacial score (nSPS) is 11.7. The fourth-order valence-corrected chi connectivity index (χ4v) is 2.05. The Hall–Kier alpha value is -3.00. The second kappa shape index (κ2) is 6.84. The molecule has 1 aromatic carbocycles. The summed E-state index contributed by atoms with van der Waals surface area (Å²) in [5, 5.41) is 10.8. The summed E-state index contributed by atoms with van der Waals surface area (Å²) in [6.07, 6.45) is 0.481. The van der Waals surface area contributed by atoms with Gasteiger partial charge < -0.3 is 15.2 Å². The fourth-order valence-electron chi connectivity index (χ4n) is 2.05. The third kappa shape index (κ3) is 3.80. The zero-order chi connectivity index (χ0) is 17.0. The SMILES string of the molecule is COC(C(N)=O)c1cc(Oc2ccc([N+](=O)[O-])c(C)c2)ccn1. The van der Waals surface area contributed by atoms with Gasteiger partial charge in [-0.05, 0) is 25.1 Å². The van der Waals surface area contributed by atoms with Gasteiger partial charge in [0.1, 0.15) is 11.5 Å². The molecule has 0 fully saturated rings. The maximum atomic E-state index is 11.3. The van der Waals surface area contributed by atoms with Gasteiger partial charge in [-0.25, -0.2) is 0 Å². The van der Waals surface area contributed by atoms with Crippen molar-refractivity contribution in [3.8, 4) is 11.5 Å². The van der Waals surface area contributed by atoms with Crippen LogP contribution in [0.25, 0.3) is 0 Å². The van der Waals surface area contributed by atoms with E-state index in [4.69, 9.17) is 15.2 Å². The number of benzene rings is 1. The first-order valence-corrected chi connectivity index (χ1v) is 6.63. The van der Waals surface area contributed by atoms with E-state index < -0.39 is 16.9 Å². The molecule has 1 amide bonds. The largest absolute Gasteiger partial charge is 0.457 e. The van der Waals surface area contributed by atoms with Crippen LogP contribution in [-0.2, 0) is 9.53 Å². The van der Waals surface area contributed by atoms with Crippen molar-refractivity contribution in [2.75, 3.05) is 7.11 Å². The van der Waals surface area contributed by atoms with Crippen LogP contribution in [0.4, 0.5) is 5.69 Å². The Kier molecular flexibility index (Phi) is 4.87. The summed E-state index contributed by atoms with van der Waals surface area (Å²) < 4.78 is 10.6. The summed E-state index contributed by atoms with van der Waals surface area (Å²) in [6.45, 7) is 1.62. The van der Waals surface area contributed by atoms with Crippen LogP contribution in [0.15, 0.2) is 36.5 Å². The smallest absolute Gasteiger partial charge is 0.272 e. The van der Waals surface area contributed by atoms with E-state index in [1.165, 1.54) is 31.5 Å². The Balaban J connectivity index is 2.25. The number of rotatable bonds is 6. The van der Waals surface area contributed by atoms with Crippen molar-refractivity contribution in [3.63, 3.8) is 0 Å². The number of nitrogens with two attached hydrogens (primary N) is 1. The summed E-state index contributed by atoms with van der Waals surface area (Å²) in [5.41, 5.74) is 6.05. The van der Waals surface area contributed by atoms with E-state index >= 15 is 0 Å². The van der Waals surface area contributed by atoms with Crippen molar-refractivity contribution in [2.24, 2.45) is 5.73 Å². The average molecular weight is 317 g/mol. The van der Waals surface area contributed by atoms with Gasteiger partial charge in [-0.1, -0.05) is 0 Å². The zero-order valence-corrected chi connectivity index (χ0v) is 12.6. The summed E-state index contributed by atoms with van der Waals surface area (Å²) in [5.74, 6) is 0.174. The van der Waals surface area contributed by atoms with Crippen molar-refractivity contribution in [1.82, 2.24) is 4.98 Å². The molecule has 0 spiro atoms. The minimum atomic E-state index is -0.975. The molecule has 0 bridgehead atoms. The van der Waals surface area contributed by atoms with Crippen LogP contribution in [0.5, 0.6) is 11.5 Å². The molecule has 2 N–H and O–H groups in total. The van der Waals surface area contributed by atoms with Crippen molar-refractivity contribution in [1.29, 1.82) is 0 Å². The first-order valence-electron chi connectivity index (χ1n) is 6.63. The number of methoxy groups -OCH3 is 1. The lowest BCUT2D eigenvalue weighted by Crippen LogP contribution is -2.23. The highest BCUT2D eigenvalue weighted by Gasteiger charge is 2.19. The van der Waals surface area contributed by atoms with Gasteiger partial charge in [0.05, 0.1) is 10.6 Å². The van der Waals surface area contributed by atoms with Crippen LogP contribution in [0.3, 0.4) is 0 Å². The number of nitro benzene ring substituents is 1. The van der Waals surface area contributed by atoms with E-state index in [-0.39, 0.29) is 5.69 Å². The molecule has 0 aliphatic rings. The topological polar surface area (TPSA) is 118 Å². The molecule has 8 heteroatoms. The Bertz CT molecular complexity index is 748. The number of carbonyl (C=O) groups is 1. The molecule has 0 saturated carbocycles. The number of hydrogen-bond donors (Lipinski definition) is 1. The molecule has 2 rings (SSSR count). The molecule has 1 atom stereocenters. The minimum absolute atomic E-state index is 0.0148. The van der Waals surface area contributed by atoms with Crippen LogP contribution in [0.1, 0.15) is 17.4 Å². The third-order valence-corrected chi connectivity index (χ3v) is 3.12. The van der Waals surface area contributed by atoms with Gasteiger partial charge in [0, 0.05) is 31.0 Å². The van der Waals surface area contributed by atoms with Gasteiger partial charge in [0.25, 0.3) is 11.6 Å². The standard InChI is InChI=1S/C15H15N3O5/c1-9-7-10(3-4-13(9)18(20)21)23-11-5-6-17-12(8-11)14(22-2)15(16)19/h3-8,14H,1-2H3,(H2,16,19). The maximum Gasteiger partial charge on any atom is 0.272 e. The molecule has 1 aromatic heterocycles. The van der Waals surface area contributed by atoms with Gasteiger partial charge in [-0.2, -0.15) is 0 Å². The molecular formula is C15H15N3O5. The molecule has 1 heterocycles. The molecular weight excluding hydrogens is 302 g/mol. The number of carbonyl (C=O) groups excluding carboxylic acids is 1. The van der Waals surface area contributed by atoms with Gasteiger partial charge >= 0.3 is 0 Å². The lowest BCUT2D eigenvalue weighted by Gasteiger charge is -2.12. The van der Waals surface area contributed by atoms with Gasteiger partial charge in [-0.3, -0.25) is 19.9 Å². The number of hydrogen-bond acceptors (Lipinski definition) is 6. The summed E-state index contributed by atoms with van der Waals surface area (Å²) >= 11 is 0. The Morgan fingerprint density at radius 3 is 2.57 bits per heavy atom. The average Bonchev–Trinajstić information content (AvgIpc) is 2.47. The minimum Gasteiger partial charge on any atom is -0.457 e. The summed E-state index contributed by atoms with van der Waals surface area (Å²) in [4.78, 5) is 25.7. The van der Waals surface area contributed by atoms with Crippen molar-refractivity contribution < 1.29 is 19.2 Å². The lowest BCUT2D eigenvalue weighted by molar-refractivity contribution is -0.385. The van der Waals surface area contributed by atoms with E-state index in [0.717, 1.165) is 0 Å². The van der Waals surface area contributed by atoms with E-state index in [1.54, 1.807) is 19.1 Å². The summed E-state index contributed by atoms with van der Waals surface area (Å²) in [6, 6.07) is 7.53. The van der Waals surface area contributed by atoms with E-state index in [9.17, 15) is 14.9 Å². The van der Waals surface area contributed by atoms with E-state index in [1.807, 2.05) is 0 Å². The number of aryl methyl sites for hydroxylation is 1. The Morgan fingerprint density at radius 1 is 1.30 bits per heavy atom. The number of nitro groups is 1. The molecule has 8 nitrogen and oxygen atoms in total. The molecule has 2 aromatic rings. The van der Waals surface area contributed by atoms with Crippen LogP contribution < -0.4 is 10.5 Å². The highest BCUT2D eigenvalue weighted by Crippen LogP contribution is 2.28. The number of nitrogens with zero attached hydrogens (tertiary/aromatic N) is 2. The first-order chi connectivity index (χ1) is 10.9. The third-order valence-electron chi connectivity index (χ3n) is 3.12. The molecule has 0 aliphatic carbocycles. The number of primary amides is 1. The number of aromatic nitrogens is 1. The van der Waals surface area contributed by atoms with Gasteiger partial charge in [0.2, 0.25) is 0 Å². The Morgan fingerprint density at radius 2 is 2.00 bits per heavy atom. The number of amides is 1. The van der Waals surface area contributed by atoms with Gasteiger partial charge in [0.15, 0.2) is 6.10 Å². The monoisotopic (exact) mass is 317 g/mol. The number of pyridine rings is 1. The Labute approximate surface area is 132 Å². The second-order valence-corrected chi connectivity index (χ2v) is 4.74. The van der Waals surface area contributed by atoms with Crippen LogP contribution >= 0.6 is 0 Å². The second-order valence-electron chi connectivity index (χ2n) is 4.74. The predicted molar refractivity (Wildman–Crippen MR) is 81.1 cm³/mol. The van der Waals surface area contributed by atoms with Crippen molar-refractivity contribution >= 4 is 11.6 Å². The van der Waals surface area contributed by atoms with Crippen molar-refractivity contribution in [2.45, 2.75) is 13.0 Å². The highest BCUT2D eigenvalue weighted by atomic mass is 16.6. The quantitative estimate of drug-likeness (QED) is 0.645. The number of ether oxygens (including phenoxy) is 2. The highest BCUT2D eigenvalue weighted by molar-refractivity contribution is 5.80. The van der Waals surface area contributed by atoms with Gasteiger partial charge in [-0.15, -0.1) is 0 Å².